The lowest BCUT2D eigenvalue weighted by Gasteiger charge is -2.29. The van der Waals surface area contributed by atoms with Crippen molar-refractivity contribution in [2.24, 2.45) is 0 Å². The van der Waals surface area contributed by atoms with Gasteiger partial charge in [0, 0.05) is 24.6 Å². The fourth-order valence-corrected chi connectivity index (χ4v) is 2.96. The maximum absolute atomic E-state index is 12.9. The molecule has 0 spiro atoms. The standard InChI is InChI=1S/C19H25FN2O5/c1-2-26-18(24)11-10-17(23)21-15-4-3-5-16(12-15)27-19(25)22-14-8-6-13(20)7-9-14/h6-9,15-16H,2-5,10-12H2,1H3,(H,21,23)(H,22,25)/t15-,16+/m0/s1. The zero-order chi connectivity index (χ0) is 19.6. The first-order valence-electron chi connectivity index (χ1n) is 9.14. The van der Waals surface area contributed by atoms with Gasteiger partial charge in [-0.2, -0.15) is 0 Å². The van der Waals surface area contributed by atoms with Gasteiger partial charge in [-0.3, -0.25) is 14.9 Å². The fraction of sp³-hybridized carbons (Fsp3) is 0.526. The van der Waals surface area contributed by atoms with Crippen molar-refractivity contribution < 1.29 is 28.2 Å². The molecule has 8 heteroatoms. The minimum absolute atomic E-state index is 0.0480. The second-order valence-electron chi connectivity index (χ2n) is 6.40. The smallest absolute Gasteiger partial charge is 0.411 e. The first kappa shape index (κ1) is 20.7. The number of hydrogen-bond acceptors (Lipinski definition) is 5. The molecule has 0 bridgehead atoms. The van der Waals surface area contributed by atoms with Crippen LogP contribution in [0.15, 0.2) is 24.3 Å². The van der Waals surface area contributed by atoms with Crippen molar-refractivity contribution in [2.45, 2.75) is 57.6 Å². The van der Waals surface area contributed by atoms with Crippen LogP contribution < -0.4 is 10.6 Å². The summed E-state index contributed by atoms with van der Waals surface area (Å²) in [6.45, 7) is 2.01. The molecule has 1 aliphatic rings. The van der Waals surface area contributed by atoms with E-state index in [2.05, 4.69) is 10.6 Å². The third kappa shape index (κ3) is 7.64. The number of hydrogen-bond donors (Lipinski definition) is 2. The quantitative estimate of drug-likeness (QED) is 0.709. The normalized spacial score (nSPS) is 19.0. The monoisotopic (exact) mass is 380 g/mol. The van der Waals surface area contributed by atoms with Gasteiger partial charge < -0.3 is 14.8 Å². The number of amides is 2. The van der Waals surface area contributed by atoms with Crippen LogP contribution in [0.4, 0.5) is 14.9 Å². The molecule has 2 N–H and O–H groups in total. The number of carbonyl (C=O) groups excluding carboxylic acids is 3. The van der Waals surface area contributed by atoms with E-state index in [9.17, 15) is 18.8 Å². The zero-order valence-corrected chi connectivity index (χ0v) is 15.3. The molecule has 2 atom stereocenters. The molecule has 148 valence electrons. The van der Waals surface area contributed by atoms with Crippen LogP contribution in [0, 0.1) is 5.82 Å². The van der Waals surface area contributed by atoms with E-state index >= 15 is 0 Å². The van der Waals surface area contributed by atoms with Crippen molar-refractivity contribution in [1.29, 1.82) is 0 Å². The van der Waals surface area contributed by atoms with E-state index in [1.54, 1.807) is 6.92 Å². The van der Waals surface area contributed by atoms with Gasteiger partial charge in [0.2, 0.25) is 5.91 Å². The molecule has 0 saturated heterocycles. The topological polar surface area (TPSA) is 93.7 Å². The molecule has 1 fully saturated rings. The molecule has 0 radical (unpaired) electrons. The lowest BCUT2D eigenvalue weighted by molar-refractivity contribution is -0.144. The summed E-state index contributed by atoms with van der Waals surface area (Å²) < 4.78 is 23.1. The highest BCUT2D eigenvalue weighted by atomic mass is 19.1. The van der Waals surface area contributed by atoms with Crippen molar-refractivity contribution in [3.05, 3.63) is 30.1 Å². The van der Waals surface area contributed by atoms with Crippen molar-refractivity contribution in [3.8, 4) is 0 Å². The van der Waals surface area contributed by atoms with E-state index in [-0.39, 0.29) is 36.7 Å². The summed E-state index contributed by atoms with van der Waals surface area (Å²) >= 11 is 0. The van der Waals surface area contributed by atoms with Gasteiger partial charge in [-0.1, -0.05) is 0 Å². The molecule has 0 unspecified atom stereocenters. The van der Waals surface area contributed by atoms with Crippen LogP contribution in [0.2, 0.25) is 0 Å². The molecule has 0 aliphatic heterocycles. The Labute approximate surface area is 157 Å². The minimum Gasteiger partial charge on any atom is -0.466 e. The molecule has 1 aromatic rings. The molecule has 1 aliphatic carbocycles. The molecule has 7 nitrogen and oxygen atoms in total. The Morgan fingerprint density at radius 3 is 2.59 bits per heavy atom. The van der Waals surface area contributed by atoms with Crippen molar-refractivity contribution >= 4 is 23.7 Å². The molecule has 0 heterocycles. The van der Waals surface area contributed by atoms with E-state index in [0.29, 0.717) is 25.1 Å². The third-order valence-corrected chi connectivity index (χ3v) is 4.22. The first-order chi connectivity index (χ1) is 13.0. The Hall–Kier alpha value is -2.64. The van der Waals surface area contributed by atoms with Gasteiger partial charge in [-0.15, -0.1) is 0 Å². The van der Waals surface area contributed by atoms with Crippen molar-refractivity contribution in [1.82, 2.24) is 5.32 Å². The summed E-state index contributed by atoms with van der Waals surface area (Å²) in [5.74, 6) is -0.998. The number of ether oxygens (including phenoxy) is 2. The third-order valence-electron chi connectivity index (χ3n) is 4.22. The molecular formula is C19H25FN2O5. The van der Waals surface area contributed by atoms with E-state index < -0.39 is 12.1 Å². The average Bonchev–Trinajstić information content (AvgIpc) is 2.62. The summed E-state index contributed by atoms with van der Waals surface area (Å²) in [4.78, 5) is 35.2. The lowest BCUT2D eigenvalue weighted by atomic mass is 9.92. The van der Waals surface area contributed by atoms with Crippen LogP contribution in [-0.2, 0) is 19.1 Å². The largest absolute Gasteiger partial charge is 0.466 e. The molecule has 0 aromatic heterocycles. The average molecular weight is 380 g/mol. The summed E-state index contributed by atoms with van der Waals surface area (Å²) in [5.41, 5.74) is 0.445. The molecule has 2 rings (SSSR count). The van der Waals surface area contributed by atoms with Crippen LogP contribution in [-0.4, -0.2) is 36.7 Å². The Kier molecular flexibility index (Phi) is 8.03. The summed E-state index contributed by atoms with van der Waals surface area (Å²) in [6.07, 6.45) is 2.05. The number of halogens is 1. The zero-order valence-electron chi connectivity index (χ0n) is 15.3. The van der Waals surface area contributed by atoms with Crippen molar-refractivity contribution in [3.63, 3.8) is 0 Å². The number of benzene rings is 1. The maximum Gasteiger partial charge on any atom is 0.411 e. The Morgan fingerprint density at radius 1 is 1.15 bits per heavy atom. The van der Waals surface area contributed by atoms with Crippen LogP contribution >= 0.6 is 0 Å². The highest BCUT2D eigenvalue weighted by Crippen LogP contribution is 2.22. The highest BCUT2D eigenvalue weighted by Gasteiger charge is 2.26. The molecule has 1 aromatic carbocycles. The summed E-state index contributed by atoms with van der Waals surface area (Å²) in [5, 5.41) is 5.43. The number of carbonyl (C=O) groups is 3. The molecular weight excluding hydrogens is 355 g/mol. The first-order valence-corrected chi connectivity index (χ1v) is 9.14. The van der Waals surface area contributed by atoms with E-state index in [0.717, 1.165) is 12.8 Å². The fourth-order valence-electron chi connectivity index (χ4n) is 2.96. The van der Waals surface area contributed by atoms with Crippen LogP contribution in [0.5, 0.6) is 0 Å². The van der Waals surface area contributed by atoms with E-state index in [1.807, 2.05) is 0 Å². The van der Waals surface area contributed by atoms with Gasteiger partial charge in [-0.05, 0) is 50.5 Å². The Bertz CT molecular complexity index is 650. The SMILES string of the molecule is CCOC(=O)CCC(=O)N[C@H]1CCC[C@@H](OC(=O)Nc2ccc(F)cc2)C1. The second-order valence-corrected chi connectivity index (χ2v) is 6.40. The summed E-state index contributed by atoms with van der Waals surface area (Å²) in [7, 11) is 0. The molecule has 27 heavy (non-hydrogen) atoms. The van der Waals surface area contributed by atoms with Gasteiger partial charge in [0.1, 0.15) is 11.9 Å². The minimum atomic E-state index is -0.610. The van der Waals surface area contributed by atoms with Gasteiger partial charge in [-0.25, -0.2) is 9.18 Å². The number of esters is 1. The van der Waals surface area contributed by atoms with Crippen LogP contribution in [0.25, 0.3) is 0 Å². The predicted octanol–water partition coefficient (Wildman–Crippen LogP) is 3.14. The lowest BCUT2D eigenvalue weighted by Crippen LogP contribution is -2.41. The van der Waals surface area contributed by atoms with Gasteiger partial charge in [0.15, 0.2) is 0 Å². The van der Waals surface area contributed by atoms with Gasteiger partial charge in [0.05, 0.1) is 13.0 Å². The molecule has 1 saturated carbocycles. The molecule has 2 amide bonds. The summed E-state index contributed by atoms with van der Waals surface area (Å²) in [6, 6.07) is 5.29. The second kappa shape index (κ2) is 10.5. The Balaban J connectivity index is 1.73. The Morgan fingerprint density at radius 2 is 1.89 bits per heavy atom. The number of rotatable bonds is 7. The van der Waals surface area contributed by atoms with Gasteiger partial charge >= 0.3 is 12.1 Å². The number of nitrogens with one attached hydrogen (secondary N) is 2. The van der Waals surface area contributed by atoms with Crippen LogP contribution in [0.3, 0.4) is 0 Å². The van der Waals surface area contributed by atoms with Gasteiger partial charge in [0.25, 0.3) is 0 Å². The van der Waals surface area contributed by atoms with E-state index in [4.69, 9.17) is 9.47 Å². The van der Waals surface area contributed by atoms with Crippen molar-refractivity contribution in [2.75, 3.05) is 11.9 Å². The highest BCUT2D eigenvalue weighted by molar-refractivity contribution is 5.84. The number of anilines is 1. The van der Waals surface area contributed by atoms with E-state index in [1.165, 1.54) is 24.3 Å². The maximum atomic E-state index is 12.9. The predicted molar refractivity (Wildman–Crippen MR) is 96.6 cm³/mol. The van der Waals surface area contributed by atoms with Crippen LogP contribution in [0.1, 0.15) is 45.4 Å².